The van der Waals surface area contributed by atoms with Gasteiger partial charge in [0.1, 0.15) is 17.4 Å². The van der Waals surface area contributed by atoms with Gasteiger partial charge in [-0.25, -0.2) is 13.6 Å². The fourth-order valence-electron chi connectivity index (χ4n) is 2.47. The molecule has 152 valence electrons. The Balaban J connectivity index is 1.48. The first-order valence-electron chi connectivity index (χ1n) is 8.89. The molecule has 1 heterocycles. The van der Waals surface area contributed by atoms with Crippen LogP contribution in [0.1, 0.15) is 17.3 Å². The summed E-state index contributed by atoms with van der Waals surface area (Å²) in [6.07, 6.45) is 0.323. The number of nitrogens with zero attached hydrogens (tertiary/aromatic N) is 3. The number of likely N-dealkylation sites (N-methyl/N-ethyl adjacent to an activating group) is 1. The molecular formula is C20H20F2N4O3. The first kappa shape index (κ1) is 20.2. The van der Waals surface area contributed by atoms with Crippen molar-refractivity contribution in [2.75, 3.05) is 18.9 Å². The number of halogens is 2. The smallest absolute Gasteiger partial charge is 0.321 e. The molecule has 2 amide bonds. The molecule has 29 heavy (non-hydrogen) atoms. The number of hydrogen-bond donors (Lipinski definition) is 1. The molecule has 0 radical (unpaired) electrons. The number of aromatic nitrogens is 2. The Bertz CT molecular complexity index is 993. The summed E-state index contributed by atoms with van der Waals surface area (Å²) < 4.78 is 37.6. The molecule has 0 bridgehead atoms. The van der Waals surface area contributed by atoms with Gasteiger partial charge >= 0.3 is 6.03 Å². The minimum Gasteiger partial charge on any atom is -0.484 e. The summed E-state index contributed by atoms with van der Waals surface area (Å²) in [6, 6.07) is 9.84. The van der Waals surface area contributed by atoms with E-state index in [1.54, 1.807) is 0 Å². The van der Waals surface area contributed by atoms with E-state index in [9.17, 15) is 13.6 Å². The SMILES string of the molecule is Cc1cccc(OCc2nc(CCN(C)C(=O)Nc3cc(F)ccc3F)no2)c1. The molecule has 0 unspecified atom stereocenters. The van der Waals surface area contributed by atoms with Crippen molar-refractivity contribution in [1.29, 1.82) is 0 Å². The van der Waals surface area contributed by atoms with Crippen LogP contribution in [0, 0.1) is 18.6 Å². The summed E-state index contributed by atoms with van der Waals surface area (Å²) in [7, 11) is 1.52. The fraction of sp³-hybridized carbons (Fsp3) is 0.250. The molecule has 3 aromatic rings. The van der Waals surface area contributed by atoms with Crippen molar-refractivity contribution < 1.29 is 22.8 Å². The lowest BCUT2D eigenvalue weighted by Crippen LogP contribution is -2.33. The maximum atomic E-state index is 13.6. The summed E-state index contributed by atoms with van der Waals surface area (Å²) in [4.78, 5) is 17.7. The van der Waals surface area contributed by atoms with Gasteiger partial charge in [-0.1, -0.05) is 17.3 Å². The van der Waals surface area contributed by atoms with Crippen LogP contribution in [0.4, 0.5) is 19.3 Å². The number of benzene rings is 2. The van der Waals surface area contributed by atoms with Gasteiger partial charge in [-0.05, 0) is 36.8 Å². The number of rotatable bonds is 7. The molecule has 0 aliphatic rings. The molecule has 0 aliphatic carbocycles. The minimum atomic E-state index is -0.718. The van der Waals surface area contributed by atoms with E-state index < -0.39 is 17.7 Å². The van der Waals surface area contributed by atoms with Gasteiger partial charge in [-0.2, -0.15) is 4.98 Å². The maximum absolute atomic E-state index is 13.6. The number of carbonyl (C=O) groups is 1. The van der Waals surface area contributed by atoms with Gasteiger partial charge in [0.15, 0.2) is 12.4 Å². The van der Waals surface area contributed by atoms with Gasteiger partial charge in [-0.15, -0.1) is 0 Å². The first-order valence-corrected chi connectivity index (χ1v) is 8.89. The van der Waals surface area contributed by atoms with E-state index in [4.69, 9.17) is 9.26 Å². The first-order chi connectivity index (χ1) is 13.9. The number of ether oxygens (including phenoxy) is 1. The second-order valence-corrected chi connectivity index (χ2v) is 6.44. The highest BCUT2D eigenvalue weighted by molar-refractivity contribution is 5.89. The highest BCUT2D eigenvalue weighted by Gasteiger charge is 2.14. The standard InChI is InChI=1S/C20H20F2N4O3/c1-13-4-3-5-15(10-13)28-12-19-24-18(25-29-19)8-9-26(2)20(27)23-17-11-14(21)6-7-16(17)22/h3-7,10-11H,8-9,12H2,1-2H3,(H,23,27). The monoisotopic (exact) mass is 402 g/mol. The van der Waals surface area contributed by atoms with Gasteiger partial charge in [0.25, 0.3) is 5.89 Å². The normalized spacial score (nSPS) is 10.6. The third-order valence-electron chi connectivity index (χ3n) is 4.05. The molecule has 7 nitrogen and oxygen atoms in total. The van der Waals surface area contributed by atoms with Gasteiger partial charge in [0, 0.05) is 26.1 Å². The van der Waals surface area contributed by atoms with E-state index >= 15 is 0 Å². The molecule has 0 fully saturated rings. The van der Waals surface area contributed by atoms with Gasteiger partial charge in [0.2, 0.25) is 0 Å². The Morgan fingerprint density at radius 3 is 2.86 bits per heavy atom. The zero-order chi connectivity index (χ0) is 20.8. The second kappa shape index (κ2) is 9.13. The third kappa shape index (κ3) is 5.74. The van der Waals surface area contributed by atoms with E-state index in [1.165, 1.54) is 11.9 Å². The minimum absolute atomic E-state index is 0.131. The average Bonchev–Trinajstić information content (AvgIpc) is 3.15. The van der Waals surface area contributed by atoms with E-state index in [-0.39, 0.29) is 18.8 Å². The van der Waals surface area contributed by atoms with Crippen molar-refractivity contribution in [1.82, 2.24) is 15.0 Å². The number of aryl methyl sites for hydroxylation is 1. The molecule has 9 heteroatoms. The molecule has 1 aromatic heterocycles. The lowest BCUT2D eigenvalue weighted by Gasteiger charge is -2.17. The molecular weight excluding hydrogens is 382 g/mol. The van der Waals surface area contributed by atoms with Crippen LogP contribution in [-0.4, -0.2) is 34.7 Å². The van der Waals surface area contributed by atoms with Crippen LogP contribution < -0.4 is 10.1 Å². The summed E-state index contributed by atoms with van der Waals surface area (Å²) in [5.74, 6) is 0.0618. The van der Waals surface area contributed by atoms with Crippen molar-refractivity contribution >= 4 is 11.7 Å². The van der Waals surface area contributed by atoms with E-state index in [1.807, 2.05) is 31.2 Å². The fourth-order valence-corrected chi connectivity index (χ4v) is 2.47. The average molecular weight is 402 g/mol. The number of hydrogen-bond acceptors (Lipinski definition) is 5. The predicted molar refractivity (Wildman–Crippen MR) is 102 cm³/mol. The summed E-state index contributed by atoms with van der Waals surface area (Å²) in [6.45, 7) is 2.35. The van der Waals surface area contributed by atoms with Crippen LogP contribution >= 0.6 is 0 Å². The number of anilines is 1. The molecule has 1 N–H and O–H groups in total. The van der Waals surface area contributed by atoms with Gasteiger partial charge < -0.3 is 19.5 Å². The number of amides is 2. The predicted octanol–water partition coefficient (Wildman–Crippen LogP) is 3.94. The molecule has 0 aliphatic heterocycles. The molecule has 2 aromatic carbocycles. The van der Waals surface area contributed by atoms with Gasteiger partial charge in [0.05, 0.1) is 5.69 Å². The Morgan fingerprint density at radius 1 is 1.24 bits per heavy atom. The lowest BCUT2D eigenvalue weighted by atomic mass is 10.2. The highest BCUT2D eigenvalue weighted by atomic mass is 19.1. The summed E-state index contributed by atoms with van der Waals surface area (Å²) in [5.41, 5.74) is 0.852. The Kier molecular flexibility index (Phi) is 6.38. The number of carbonyl (C=O) groups excluding carboxylic acids is 1. The van der Waals surface area contributed by atoms with Crippen molar-refractivity contribution in [3.05, 3.63) is 71.4 Å². The third-order valence-corrected chi connectivity index (χ3v) is 4.05. The number of urea groups is 1. The van der Waals surface area contributed by atoms with Gasteiger partial charge in [-0.3, -0.25) is 0 Å². The van der Waals surface area contributed by atoms with E-state index in [0.717, 1.165) is 23.8 Å². The zero-order valence-corrected chi connectivity index (χ0v) is 16.0. The molecule has 0 spiro atoms. The number of nitrogens with one attached hydrogen (secondary N) is 1. The zero-order valence-electron chi connectivity index (χ0n) is 16.0. The lowest BCUT2D eigenvalue weighted by molar-refractivity contribution is 0.222. The quantitative estimate of drug-likeness (QED) is 0.647. The summed E-state index contributed by atoms with van der Waals surface area (Å²) in [5, 5.41) is 6.18. The van der Waals surface area contributed by atoms with Crippen molar-refractivity contribution in [3.63, 3.8) is 0 Å². The van der Waals surface area contributed by atoms with Crippen LogP contribution in [0.2, 0.25) is 0 Å². The summed E-state index contributed by atoms with van der Waals surface area (Å²) >= 11 is 0. The Morgan fingerprint density at radius 2 is 2.07 bits per heavy atom. The maximum Gasteiger partial charge on any atom is 0.321 e. The van der Waals surface area contributed by atoms with Crippen LogP contribution in [0.25, 0.3) is 0 Å². The highest BCUT2D eigenvalue weighted by Crippen LogP contribution is 2.16. The van der Waals surface area contributed by atoms with Crippen molar-refractivity contribution in [2.45, 2.75) is 20.0 Å². The largest absolute Gasteiger partial charge is 0.484 e. The van der Waals surface area contributed by atoms with Crippen LogP contribution in [0.15, 0.2) is 47.0 Å². The van der Waals surface area contributed by atoms with Crippen molar-refractivity contribution in [3.8, 4) is 5.75 Å². The van der Waals surface area contributed by atoms with Crippen molar-refractivity contribution in [2.24, 2.45) is 0 Å². The molecule has 0 saturated heterocycles. The molecule has 0 saturated carbocycles. The van der Waals surface area contributed by atoms with Crippen LogP contribution in [-0.2, 0) is 13.0 Å². The molecule has 3 rings (SSSR count). The Hall–Kier alpha value is -3.49. The Labute approximate surface area is 166 Å². The topological polar surface area (TPSA) is 80.5 Å². The second-order valence-electron chi connectivity index (χ2n) is 6.44. The van der Waals surface area contributed by atoms with E-state index in [0.29, 0.717) is 23.9 Å². The molecule has 0 atom stereocenters. The van der Waals surface area contributed by atoms with E-state index in [2.05, 4.69) is 15.5 Å². The van der Waals surface area contributed by atoms with Crippen LogP contribution in [0.3, 0.4) is 0 Å². The van der Waals surface area contributed by atoms with Crippen LogP contribution in [0.5, 0.6) is 5.75 Å².